The normalized spacial score (nSPS) is 19.0. The summed E-state index contributed by atoms with van der Waals surface area (Å²) in [6.45, 7) is 0.0172. The van der Waals surface area contributed by atoms with Crippen molar-refractivity contribution in [2.75, 3.05) is 11.9 Å². The molecule has 35 heavy (non-hydrogen) atoms. The molecule has 0 radical (unpaired) electrons. The van der Waals surface area contributed by atoms with E-state index in [-0.39, 0.29) is 29.9 Å². The highest BCUT2D eigenvalue weighted by Crippen LogP contribution is 2.37. The van der Waals surface area contributed by atoms with Crippen molar-refractivity contribution in [3.63, 3.8) is 0 Å². The summed E-state index contributed by atoms with van der Waals surface area (Å²) in [7, 11) is -3.98. The number of nitrogens with one attached hydrogen (secondary N) is 1. The molecule has 0 spiro atoms. The number of aliphatic hydroxyl groups excluding tert-OH is 1. The first-order chi connectivity index (χ1) is 16.6. The fraction of sp³-hybridized carbons (Fsp3) is 0.318. The first-order valence-corrected chi connectivity index (χ1v) is 14.1. The molecule has 1 fully saturated rings. The number of hydrogen-bond acceptors (Lipinski definition) is 9. The lowest BCUT2D eigenvalue weighted by Crippen LogP contribution is -2.22. The summed E-state index contributed by atoms with van der Waals surface area (Å²) in [5, 5.41) is 19.0. The van der Waals surface area contributed by atoms with Gasteiger partial charge in [0.2, 0.25) is 5.78 Å². The first-order valence-electron chi connectivity index (χ1n) is 10.6. The van der Waals surface area contributed by atoms with Crippen LogP contribution in [0.1, 0.15) is 51.7 Å². The highest BCUT2D eigenvalue weighted by atomic mass is 79.9. The topological polar surface area (TPSA) is 144 Å². The van der Waals surface area contributed by atoms with E-state index < -0.39 is 16.4 Å². The van der Waals surface area contributed by atoms with Gasteiger partial charge in [0.1, 0.15) is 18.2 Å². The number of halogens is 2. The van der Waals surface area contributed by atoms with Gasteiger partial charge in [0.25, 0.3) is 0 Å². The Morgan fingerprint density at radius 2 is 2.17 bits per heavy atom. The molecule has 1 aliphatic rings. The van der Waals surface area contributed by atoms with E-state index in [4.69, 9.17) is 20.9 Å². The number of nitrogens with zero attached hydrogens (tertiary/aromatic N) is 2. The summed E-state index contributed by atoms with van der Waals surface area (Å²) in [5.74, 6) is 0.0754. The molecule has 1 aromatic carbocycles. The maximum Gasteiger partial charge on any atom is 0.333 e. The molecule has 13 heteroatoms. The van der Waals surface area contributed by atoms with Crippen molar-refractivity contribution in [2.24, 2.45) is 11.1 Å². The average molecular weight is 602 g/mol. The molecule has 2 heterocycles. The third kappa shape index (κ3) is 6.64. The molecule has 4 rings (SSSR count). The Balaban J connectivity index is 1.49. The minimum atomic E-state index is -3.98. The van der Waals surface area contributed by atoms with Gasteiger partial charge < -0.3 is 10.4 Å². The van der Waals surface area contributed by atoms with Gasteiger partial charge in [-0.1, -0.05) is 39.7 Å². The lowest BCUT2D eigenvalue weighted by molar-refractivity contribution is 0.104. The van der Waals surface area contributed by atoms with Gasteiger partial charge in [0.15, 0.2) is 0 Å². The van der Waals surface area contributed by atoms with Gasteiger partial charge in [-0.25, -0.2) is 15.1 Å². The van der Waals surface area contributed by atoms with Crippen LogP contribution in [0.5, 0.6) is 0 Å². The van der Waals surface area contributed by atoms with Crippen molar-refractivity contribution in [1.29, 1.82) is 0 Å². The molecule has 0 bridgehead atoms. The predicted octanol–water partition coefficient (Wildman–Crippen LogP) is 4.07. The number of benzene rings is 1. The van der Waals surface area contributed by atoms with Crippen LogP contribution in [0, 0.1) is 5.92 Å². The Morgan fingerprint density at radius 3 is 2.91 bits per heavy atom. The van der Waals surface area contributed by atoms with Gasteiger partial charge >= 0.3 is 10.3 Å². The van der Waals surface area contributed by atoms with Gasteiger partial charge in [0.05, 0.1) is 21.4 Å². The van der Waals surface area contributed by atoms with E-state index in [0.29, 0.717) is 32.6 Å². The second kappa shape index (κ2) is 11.0. The maximum absolute atomic E-state index is 13.3. The van der Waals surface area contributed by atoms with Crippen LogP contribution < -0.4 is 10.5 Å². The summed E-state index contributed by atoms with van der Waals surface area (Å²) in [5.41, 5.74) is 1.36. The second-order valence-electron chi connectivity index (χ2n) is 8.21. The third-order valence-electron chi connectivity index (χ3n) is 5.70. The largest absolute Gasteiger partial charge is 0.384 e. The Hall–Kier alpha value is -1.93. The second-order valence-corrected chi connectivity index (χ2v) is 12.0. The molecule has 2 unspecified atom stereocenters. The number of aliphatic hydroxyl groups is 1. The van der Waals surface area contributed by atoms with Crippen LogP contribution in [-0.4, -0.2) is 41.9 Å². The zero-order chi connectivity index (χ0) is 25.2. The van der Waals surface area contributed by atoms with E-state index in [2.05, 4.69) is 31.2 Å². The van der Waals surface area contributed by atoms with Gasteiger partial charge in [-0.2, -0.15) is 8.42 Å². The zero-order valence-electron chi connectivity index (χ0n) is 18.2. The van der Waals surface area contributed by atoms with Crippen molar-refractivity contribution in [1.82, 2.24) is 9.97 Å². The number of thiophene rings is 1. The molecule has 3 atom stereocenters. The SMILES string of the molecule is NS(=O)(=O)OC[C@@H]1CCC(Nc2ncncc2C(=O)c2cc(C(O)c3cccc(Br)c3)c(Cl)s2)C1. The Kier molecular flexibility index (Phi) is 8.21. The lowest BCUT2D eigenvalue weighted by Gasteiger charge is -2.15. The Labute approximate surface area is 220 Å². The van der Waals surface area contributed by atoms with Gasteiger partial charge in [-0.3, -0.25) is 8.98 Å². The smallest absolute Gasteiger partial charge is 0.333 e. The first kappa shape index (κ1) is 26.1. The van der Waals surface area contributed by atoms with Crippen LogP contribution in [0.25, 0.3) is 0 Å². The summed E-state index contributed by atoms with van der Waals surface area (Å²) in [4.78, 5) is 21.9. The van der Waals surface area contributed by atoms with E-state index >= 15 is 0 Å². The molecule has 4 N–H and O–H groups in total. The number of anilines is 1. The molecular formula is C22H22BrClN4O5S2. The summed E-state index contributed by atoms with van der Waals surface area (Å²) >= 11 is 10.9. The molecule has 0 amide bonds. The molecular weight excluding hydrogens is 580 g/mol. The molecule has 186 valence electrons. The Morgan fingerprint density at radius 1 is 1.37 bits per heavy atom. The van der Waals surface area contributed by atoms with E-state index in [9.17, 15) is 18.3 Å². The number of hydrogen-bond donors (Lipinski definition) is 3. The fourth-order valence-electron chi connectivity index (χ4n) is 4.02. The van der Waals surface area contributed by atoms with E-state index in [0.717, 1.165) is 28.7 Å². The van der Waals surface area contributed by atoms with E-state index in [1.54, 1.807) is 18.2 Å². The summed E-state index contributed by atoms with van der Waals surface area (Å²) < 4.78 is 27.9. The number of aromatic nitrogens is 2. The number of rotatable bonds is 9. The number of nitrogens with two attached hydrogens (primary N) is 1. The molecule has 0 aliphatic heterocycles. The molecule has 2 aromatic heterocycles. The van der Waals surface area contributed by atoms with Crippen LogP contribution in [0.4, 0.5) is 5.82 Å². The van der Waals surface area contributed by atoms with Crippen LogP contribution in [0.3, 0.4) is 0 Å². The lowest BCUT2D eigenvalue weighted by atomic mass is 10.0. The summed E-state index contributed by atoms with van der Waals surface area (Å²) in [6, 6.07) is 8.80. The van der Waals surface area contributed by atoms with Gasteiger partial charge in [-0.15, -0.1) is 11.3 Å². The van der Waals surface area contributed by atoms with Crippen molar-refractivity contribution in [3.8, 4) is 0 Å². The number of carbonyl (C=O) groups excluding carboxylic acids is 1. The minimum Gasteiger partial charge on any atom is -0.384 e. The monoisotopic (exact) mass is 600 g/mol. The molecule has 3 aromatic rings. The van der Waals surface area contributed by atoms with Crippen molar-refractivity contribution >= 4 is 60.8 Å². The van der Waals surface area contributed by atoms with E-state index in [1.165, 1.54) is 12.5 Å². The number of ketones is 1. The zero-order valence-corrected chi connectivity index (χ0v) is 22.2. The quantitative estimate of drug-likeness (QED) is 0.311. The van der Waals surface area contributed by atoms with Crippen molar-refractivity contribution < 1.29 is 22.5 Å². The van der Waals surface area contributed by atoms with Crippen LogP contribution in [-0.2, 0) is 14.5 Å². The molecule has 9 nitrogen and oxygen atoms in total. The maximum atomic E-state index is 13.3. The van der Waals surface area contributed by atoms with Crippen molar-refractivity contribution in [3.05, 3.63) is 73.2 Å². The predicted molar refractivity (Wildman–Crippen MR) is 137 cm³/mol. The van der Waals surface area contributed by atoms with Gasteiger partial charge in [-0.05, 0) is 48.9 Å². The highest BCUT2D eigenvalue weighted by Gasteiger charge is 2.28. The molecule has 1 saturated carbocycles. The standard InChI is InChI=1S/C22H22BrClN4O5S2/c23-14-3-1-2-13(7-14)19(29)16-8-18(34-21(16)24)20(30)17-9-26-11-27-22(17)28-15-5-4-12(6-15)10-33-35(25,31)32/h1-3,7-9,11-12,15,19,29H,4-6,10H2,(H2,25,31,32)(H,26,27,28)/t12-,15?,19?/m1/s1. The minimum absolute atomic E-state index is 0.0172. The van der Waals surface area contributed by atoms with Crippen LogP contribution in [0.15, 0.2) is 47.3 Å². The summed E-state index contributed by atoms with van der Waals surface area (Å²) in [6.07, 6.45) is 3.94. The fourth-order valence-corrected chi connectivity index (χ4v) is 6.10. The molecule has 0 saturated heterocycles. The van der Waals surface area contributed by atoms with Crippen LogP contribution in [0.2, 0.25) is 4.34 Å². The highest BCUT2D eigenvalue weighted by molar-refractivity contribution is 9.10. The van der Waals surface area contributed by atoms with E-state index in [1.807, 2.05) is 12.1 Å². The third-order valence-corrected chi connectivity index (χ3v) is 8.05. The molecule has 1 aliphatic carbocycles. The number of carbonyl (C=O) groups is 1. The average Bonchev–Trinajstić information content (AvgIpc) is 3.43. The Bertz CT molecular complexity index is 1340. The van der Waals surface area contributed by atoms with Crippen LogP contribution >= 0.6 is 38.9 Å². The van der Waals surface area contributed by atoms with Crippen molar-refractivity contribution in [2.45, 2.75) is 31.4 Å². The van der Waals surface area contributed by atoms with Gasteiger partial charge in [0, 0.05) is 22.3 Å².